The number of carbonyl (C=O) groups excluding carboxylic acids is 1. The van der Waals surface area contributed by atoms with E-state index >= 15 is 0 Å². The average molecular weight is 511 g/mol. The molecule has 0 radical (unpaired) electrons. The van der Waals surface area contributed by atoms with Crippen LogP contribution in [0.2, 0.25) is 0 Å². The summed E-state index contributed by atoms with van der Waals surface area (Å²) in [6.07, 6.45) is 2.74. The number of hydrogen-bond donors (Lipinski definition) is 2. The van der Waals surface area contributed by atoms with Gasteiger partial charge in [0.2, 0.25) is 0 Å². The number of halogens is 1. The quantitative estimate of drug-likeness (QED) is 0.333. The molecule has 2 aromatic carbocycles. The molecule has 1 saturated carbocycles. The zero-order chi connectivity index (χ0) is 24.6. The Hall–Kier alpha value is -2.13. The molecule has 0 saturated heterocycles. The molecule has 0 aliphatic heterocycles. The van der Waals surface area contributed by atoms with Gasteiger partial charge >= 0.3 is 5.97 Å². The molecule has 2 aromatic rings. The Balaban J connectivity index is 1.64. The van der Waals surface area contributed by atoms with Crippen molar-refractivity contribution in [2.24, 2.45) is 11.8 Å². The van der Waals surface area contributed by atoms with Crippen LogP contribution in [-0.4, -0.2) is 62.2 Å². The fourth-order valence-corrected chi connectivity index (χ4v) is 6.62. The highest BCUT2D eigenvalue weighted by atomic mass is 35.5. The second-order valence-electron chi connectivity index (χ2n) is 8.50. The summed E-state index contributed by atoms with van der Waals surface area (Å²) in [6.45, 7) is -0.547. The van der Waals surface area contributed by atoms with Gasteiger partial charge in [0.15, 0.2) is 16.4 Å². The van der Waals surface area contributed by atoms with Gasteiger partial charge in [0, 0.05) is 12.0 Å². The fourth-order valence-electron chi connectivity index (χ4n) is 4.34. The minimum atomic E-state index is -3.51. The summed E-state index contributed by atoms with van der Waals surface area (Å²) in [5.41, 5.74) is 1.87. The zero-order valence-corrected chi connectivity index (χ0v) is 20.5. The van der Waals surface area contributed by atoms with Crippen LogP contribution in [0.15, 0.2) is 53.4 Å². The minimum Gasteiger partial charge on any atom is -0.482 e. The van der Waals surface area contributed by atoms with Gasteiger partial charge in [-0.15, -0.1) is 11.6 Å². The number of carbonyl (C=O) groups is 1. The van der Waals surface area contributed by atoms with E-state index in [-0.39, 0.29) is 54.3 Å². The molecule has 3 rings (SSSR count). The molecule has 3 atom stereocenters. The van der Waals surface area contributed by atoms with Crippen molar-refractivity contribution in [2.75, 3.05) is 32.2 Å². The Morgan fingerprint density at radius 2 is 1.79 bits per heavy atom. The number of esters is 1. The van der Waals surface area contributed by atoms with Crippen molar-refractivity contribution in [3.8, 4) is 5.75 Å². The Labute approximate surface area is 205 Å². The van der Waals surface area contributed by atoms with Crippen LogP contribution in [0.4, 0.5) is 0 Å². The predicted molar refractivity (Wildman–Crippen MR) is 129 cm³/mol. The molecule has 1 aliphatic carbocycles. The van der Waals surface area contributed by atoms with Crippen molar-refractivity contribution in [1.29, 1.82) is 0 Å². The summed E-state index contributed by atoms with van der Waals surface area (Å²) in [6, 6.07) is 14.0. The van der Waals surface area contributed by atoms with E-state index in [2.05, 4.69) is 0 Å². The summed E-state index contributed by atoms with van der Waals surface area (Å²) in [4.78, 5) is 11.8. The monoisotopic (exact) mass is 510 g/mol. The molecule has 0 aromatic heterocycles. The Morgan fingerprint density at radius 3 is 2.50 bits per heavy atom. The van der Waals surface area contributed by atoms with Gasteiger partial charge in [-0.3, -0.25) is 0 Å². The highest BCUT2D eigenvalue weighted by Gasteiger charge is 2.38. The normalized spacial score (nSPS) is 20.3. The van der Waals surface area contributed by atoms with Crippen LogP contribution in [0.1, 0.15) is 24.0 Å². The van der Waals surface area contributed by atoms with E-state index in [0.717, 1.165) is 24.0 Å². The van der Waals surface area contributed by atoms with Crippen LogP contribution in [0.5, 0.6) is 5.75 Å². The number of aliphatic hydroxyl groups is 2. The van der Waals surface area contributed by atoms with Crippen molar-refractivity contribution in [3.63, 3.8) is 0 Å². The number of aliphatic hydroxyl groups excluding tert-OH is 2. The number of benzene rings is 2. The summed E-state index contributed by atoms with van der Waals surface area (Å²) in [5, 5.41) is 17.5. The highest BCUT2D eigenvalue weighted by Crippen LogP contribution is 2.39. The van der Waals surface area contributed by atoms with Crippen LogP contribution in [-0.2, 0) is 32.2 Å². The molecular formula is C25H31ClO7S. The second kappa shape index (κ2) is 12.5. The summed E-state index contributed by atoms with van der Waals surface area (Å²) < 4.78 is 36.5. The van der Waals surface area contributed by atoms with E-state index in [1.807, 2.05) is 18.2 Å². The largest absolute Gasteiger partial charge is 0.482 e. The van der Waals surface area contributed by atoms with Gasteiger partial charge < -0.3 is 19.7 Å². The second-order valence-corrected chi connectivity index (χ2v) is 11.1. The molecular weight excluding hydrogens is 480 g/mol. The third-order valence-electron chi connectivity index (χ3n) is 6.09. The topological polar surface area (TPSA) is 110 Å². The van der Waals surface area contributed by atoms with E-state index in [1.165, 1.54) is 0 Å². The van der Waals surface area contributed by atoms with E-state index in [0.29, 0.717) is 18.6 Å². The van der Waals surface area contributed by atoms with Crippen molar-refractivity contribution >= 4 is 27.4 Å². The molecule has 1 fully saturated rings. The van der Waals surface area contributed by atoms with Crippen LogP contribution < -0.4 is 4.74 Å². The lowest BCUT2D eigenvalue weighted by atomic mass is 9.90. The maximum Gasteiger partial charge on any atom is 0.344 e. The number of hydrogen-bond acceptors (Lipinski definition) is 7. The van der Waals surface area contributed by atoms with Crippen LogP contribution in [0, 0.1) is 11.8 Å². The first-order chi connectivity index (χ1) is 16.3. The molecule has 0 bridgehead atoms. The number of ether oxygens (including phenoxy) is 2. The predicted octanol–water partition coefficient (Wildman–Crippen LogP) is 2.79. The molecule has 186 valence electrons. The van der Waals surface area contributed by atoms with Crippen molar-refractivity contribution in [1.82, 2.24) is 0 Å². The standard InChI is InChI=1S/C25H31ClO7S/c26-24-9-6-20(14-19-2-1-3-21(15-19)33-16-25(29)32-13-12-28)23(24)17-34(30,31)22-7-4-18(5-8-22)10-11-27/h1-5,7-8,15,20,23-24,27-28H,6,9-14,16-17H2/t20-,23-,24?/m1/s1. The van der Waals surface area contributed by atoms with Gasteiger partial charge in [0.05, 0.1) is 17.3 Å². The molecule has 9 heteroatoms. The van der Waals surface area contributed by atoms with E-state index < -0.39 is 15.8 Å². The Bertz CT molecular complexity index is 1040. The Kier molecular flexibility index (Phi) is 9.76. The van der Waals surface area contributed by atoms with Gasteiger partial charge in [-0.2, -0.15) is 0 Å². The van der Waals surface area contributed by atoms with Crippen LogP contribution in [0.25, 0.3) is 0 Å². The van der Waals surface area contributed by atoms with Gasteiger partial charge in [0.25, 0.3) is 0 Å². The first-order valence-electron chi connectivity index (χ1n) is 11.4. The van der Waals surface area contributed by atoms with Crippen molar-refractivity contribution in [3.05, 3.63) is 59.7 Å². The maximum atomic E-state index is 13.1. The molecule has 2 N–H and O–H groups in total. The average Bonchev–Trinajstić information content (AvgIpc) is 3.15. The lowest BCUT2D eigenvalue weighted by Gasteiger charge is -2.22. The smallest absolute Gasteiger partial charge is 0.344 e. The summed E-state index contributed by atoms with van der Waals surface area (Å²) >= 11 is 6.57. The van der Waals surface area contributed by atoms with Gasteiger partial charge in [-0.25, -0.2) is 13.2 Å². The van der Waals surface area contributed by atoms with Crippen LogP contribution >= 0.6 is 11.6 Å². The summed E-state index contributed by atoms with van der Waals surface area (Å²) in [5.74, 6) is -0.128. The fraction of sp³-hybridized carbons (Fsp3) is 0.480. The van der Waals surface area contributed by atoms with Crippen molar-refractivity contribution < 1.29 is 32.9 Å². The first-order valence-corrected chi connectivity index (χ1v) is 13.5. The highest BCUT2D eigenvalue weighted by molar-refractivity contribution is 7.91. The molecule has 34 heavy (non-hydrogen) atoms. The number of alkyl halides is 1. The molecule has 0 spiro atoms. The minimum absolute atomic E-state index is 0.0158. The molecule has 0 amide bonds. The third-order valence-corrected chi connectivity index (χ3v) is 8.44. The maximum absolute atomic E-state index is 13.1. The molecule has 1 unspecified atom stereocenters. The van der Waals surface area contributed by atoms with E-state index in [1.54, 1.807) is 30.3 Å². The van der Waals surface area contributed by atoms with E-state index in [9.17, 15) is 13.2 Å². The van der Waals surface area contributed by atoms with Crippen LogP contribution in [0.3, 0.4) is 0 Å². The number of rotatable bonds is 12. The summed E-state index contributed by atoms with van der Waals surface area (Å²) in [7, 11) is -3.51. The SMILES string of the molecule is O=C(COc1cccc(C[C@H]2CCC(Cl)[C@@H]2CS(=O)(=O)c2ccc(CCO)cc2)c1)OCCO. The molecule has 1 aliphatic rings. The lowest BCUT2D eigenvalue weighted by molar-refractivity contribution is -0.146. The lowest BCUT2D eigenvalue weighted by Crippen LogP contribution is -2.26. The number of sulfone groups is 1. The van der Waals surface area contributed by atoms with E-state index in [4.69, 9.17) is 31.3 Å². The first kappa shape index (κ1) is 26.5. The van der Waals surface area contributed by atoms with Gasteiger partial charge in [-0.05, 0) is 72.9 Å². The molecule has 0 heterocycles. The van der Waals surface area contributed by atoms with Gasteiger partial charge in [-0.1, -0.05) is 24.3 Å². The van der Waals surface area contributed by atoms with Gasteiger partial charge in [0.1, 0.15) is 12.4 Å². The Morgan fingerprint density at radius 1 is 1.03 bits per heavy atom. The molecule has 7 nitrogen and oxygen atoms in total. The third kappa shape index (κ3) is 7.43. The zero-order valence-electron chi connectivity index (χ0n) is 18.9. The van der Waals surface area contributed by atoms with Crippen molar-refractivity contribution in [2.45, 2.75) is 36.0 Å².